The molecule has 1 aliphatic heterocycles. The summed E-state index contributed by atoms with van der Waals surface area (Å²) in [5.74, 6) is -0.933. The summed E-state index contributed by atoms with van der Waals surface area (Å²) < 4.78 is 27.8. The van der Waals surface area contributed by atoms with Crippen LogP contribution in [-0.4, -0.2) is 36.6 Å². The van der Waals surface area contributed by atoms with Gasteiger partial charge in [-0.05, 0) is 56.2 Å². The predicted octanol–water partition coefficient (Wildman–Crippen LogP) is 3.13. The number of nitrogens with zero attached hydrogens (tertiary/aromatic N) is 2. The van der Waals surface area contributed by atoms with Crippen LogP contribution in [0, 0.1) is 6.92 Å². The molecule has 2 fully saturated rings. The molecule has 2 aromatic rings. The number of aryl methyl sites for hydroxylation is 1. The molecular weight excluding hydrogens is 400 g/mol. The molecule has 0 radical (unpaired) electrons. The van der Waals surface area contributed by atoms with Gasteiger partial charge in [-0.3, -0.25) is 9.59 Å². The first-order valence-electron chi connectivity index (χ1n) is 9.01. The van der Waals surface area contributed by atoms with E-state index >= 15 is 0 Å². The average Bonchev–Trinajstić information content (AvgIpc) is 3.43. The van der Waals surface area contributed by atoms with Crippen LogP contribution >= 0.6 is 11.6 Å². The van der Waals surface area contributed by atoms with Crippen molar-refractivity contribution in [1.82, 2.24) is 4.31 Å². The zero-order valence-corrected chi connectivity index (χ0v) is 16.8. The minimum Gasteiger partial charge on any atom is -0.274 e. The molecular formula is C20H19ClN2O4S. The molecule has 1 atom stereocenters. The monoisotopic (exact) mass is 418 g/mol. The molecule has 0 aromatic heterocycles. The van der Waals surface area contributed by atoms with E-state index in [4.69, 9.17) is 11.6 Å². The Kier molecular flexibility index (Phi) is 4.77. The highest BCUT2D eigenvalue weighted by Crippen LogP contribution is 2.38. The van der Waals surface area contributed by atoms with E-state index < -0.39 is 27.9 Å². The number of benzene rings is 2. The van der Waals surface area contributed by atoms with Gasteiger partial charge in [-0.2, -0.15) is 4.31 Å². The minimum atomic E-state index is -3.89. The van der Waals surface area contributed by atoms with E-state index in [-0.39, 0.29) is 17.4 Å². The standard InChI is InChI=1S/C20H19ClN2O4S/c1-13-2-10-17(11-3-13)28(26,27)23(16-8-9-16)18-12-19(24)22(20(18)25)15-6-4-14(21)5-7-15/h2-7,10-11,16,18H,8-9,12H2,1H3. The van der Waals surface area contributed by atoms with Crippen molar-refractivity contribution in [3.63, 3.8) is 0 Å². The maximum absolute atomic E-state index is 13.3. The molecule has 1 unspecified atom stereocenters. The molecule has 146 valence electrons. The van der Waals surface area contributed by atoms with Gasteiger partial charge in [0.1, 0.15) is 6.04 Å². The third-order valence-corrected chi connectivity index (χ3v) is 7.25. The zero-order chi connectivity index (χ0) is 20.1. The lowest BCUT2D eigenvalue weighted by Gasteiger charge is -2.26. The van der Waals surface area contributed by atoms with Crippen molar-refractivity contribution in [2.24, 2.45) is 0 Å². The number of sulfonamides is 1. The van der Waals surface area contributed by atoms with Gasteiger partial charge in [0.25, 0.3) is 5.91 Å². The van der Waals surface area contributed by atoms with Gasteiger partial charge in [0.2, 0.25) is 15.9 Å². The third kappa shape index (κ3) is 3.34. The first kappa shape index (κ1) is 19.1. The van der Waals surface area contributed by atoms with Crippen molar-refractivity contribution in [1.29, 1.82) is 0 Å². The number of hydrogen-bond donors (Lipinski definition) is 0. The van der Waals surface area contributed by atoms with Gasteiger partial charge in [0.05, 0.1) is 17.0 Å². The van der Waals surface area contributed by atoms with Crippen molar-refractivity contribution in [3.05, 3.63) is 59.1 Å². The van der Waals surface area contributed by atoms with Crippen molar-refractivity contribution in [2.75, 3.05) is 4.90 Å². The summed E-state index contributed by atoms with van der Waals surface area (Å²) in [7, 11) is -3.89. The Morgan fingerprint density at radius 1 is 1.00 bits per heavy atom. The number of hydrogen-bond acceptors (Lipinski definition) is 4. The summed E-state index contributed by atoms with van der Waals surface area (Å²) in [6, 6.07) is 11.6. The Morgan fingerprint density at radius 2 is 1.61 bits per heavy atom. The van der Waals surface area contributed by atoms with E-state index in [1.54, 1.807) is 36.4 Å². The summed E-state index contributed by atoms with van der Waals surface area (Å²) in [6.45, 7) is 1.87. The molecule has 2 aliphatic rings. The van der Waals surface area contributed by atoms with E-state index in [9.17, 15) is 18.0 Å². The van der Waals surface area contributed by atoms with Gasteiger partial charge in [0, 0.05) is 11.1 Å². The molecule has 2 aromatic carbocycles. The van der Waals surface area contributed by atoms with Gasteiger partial charge < -0.3 is 0 Å². The molecule has 0 bridgehead atoms. The highest BCUT2D eigenvalue weighted by Gasteiger charge is 2.51. The van der Waals surface area contributed by atoms with Gasteiger partial charge in [-0.15, -0.1) is 0 Å². The van der Waals surface area contributed by atoms with Crippen molar-refractivity contribution < 1.29 is 18.0 Å². The van der Waals surface area contributed by atoms with Crippen molar-refractivity contribution >= 4 is 39.1 Å². The molecule has 1 heterocycles. The first-order valence-corrected chi connectivity index (χ1v) is 10.8. The summed E-state index contributed by atoms with van der Waals surface area (Å²) in [5.41, 5.74) is 1.34. The van der Waals surface area contributed by atoms with E-state index in [0.717, 1.165) is 10.5 Å². The van der Waals surface area contributed by atoms with Crippen LogP contribution in [0.4, 0.5) is 5.69 Å². The second kappa shape index (κ2) is 6.99. The highest BCUT2D eigenvalue weighted by molar-refractivity contribution is 7.89. The number of amides is 2. The quantitative estimate of drug-likeness (QED) is 0.699. The van der Waals surface area contributed by atoms with Crippen LogP contribution in [-0.2, 0) is 19.6 Å². The van der Waals surface area contributed by atoms with Crippen molar-refractivity contribution in [3.8, 4) is 0 Å². The van der Waals surface area contributed by atoms with Crippen LogP contribution < -0.4 is 4.90 Å². The number of rotatable bonds is 5. The maximum Gasteiger partial charge on any atom is 0.252 e. The van der Waals surface area contributed by atoms with Gasteiger partial charge in [0.15, 0.2) is 0 Å². The summed E-state index contributed by atoms with van der Waals surface area (Å²) in [5, 5.41) is 0.487. The normalized spacial score (nSPS) is 20.2. The predicted molar refractivity (Wildman–Crippen MR) is 106 cm³/mol. The largest absolute Gasteiger partial charge is 0.274 e. The average molecular weight is 419 g/mol. The Labute approximate surface area is 168 Å². The molecule has 6 nitrogen and oxygen atoms in total. The molecule has 0 spiro atoms. The van der Waals surface area contributed by atoms with Gasteiger partial charge in [-0.25, -0.2) is 13.3 Å². The molecule has 1 aliphatic carbocycles. The SMILES string of the molecule is Cc1ccc(S(=O)(=O)N(C2CC2)C2CC(=O)N(c3ccc(Cl)cc3)C2=O)cc1. The molecule has 2 amide bonds. The Bertz CT molecular complexity index is 1030. The van der Waals surface area contributed by atoms with E-state index in [0.29, 0.717) is 23.6 Å². The highest BCUT2D eigenvalue weighted by atomic mass is 35.5. The van der Waals surface area contributed by atoms with Gasteiger partial charge >= 0.3 is 0 Å². The van der Waals surface area contributed by atoms with Crippen LogP contribution in [0.25, 0.3) is 0 Å². The number of anilines is 1. The minimum absolute atomic E-state index is 0.134. The summed E-state index contributed by atoms with van der Waals surface area (Å²) in [6.07, 6.45) is 1.21. The molecule has 1 saturated heterocycles. The summed E-state index contributed by atoms with van der Waals surface area (Å²) >= 11 is 5.88. The third-order valence-electron chi connectivity index (χ3n) is 5.02. The van der Waals surface area contributed by atoms with Gasteiger partial charge in [-0.1, -0.05) is 29.3 Å². The Hall–Kier alpha value is -2.22. The molecule has 0 N–H and O–H groups in total. The number of imide groups is 1. The van der Waals surface area contributed by atoms with E-state index in [1.165, 1.54) is 16.4 Å². The number of carbonyl (C=O) groups is 2. The first-order chi connectivity index (χ1) is 13.3. The fraction of sp³-hybridized carbons (Fsp3) is 0.300. The van der Waals surface area contributed by atoms with E-state index in [1.807, 2.05) is 6.92 Å². The lowest BCUT2D eigenvalue weighted by Crippen LogP contribution is -2.46. The second-order valence-corrected chi connectivity index (χ2v) is 9.42. The Balaban J connectivity index is 1.69. The van der Waals surface area contributed by atoms with Crippen LogP contribution in [0.15, 0.2) is 53.4 Å². The van der Waals surface area contributed by atoms with Crippen LogP contribution in [0.2, 0.25) is 5.02 Å². The molecule has 1 saturated carbocycles. The molecule has 8 heteroatoms. The topological polar surface area (TPSA) is 74.8 Å². The summed E-state index contributed by atoms with van der Waals surface area (Å²) in [4.78, 5) is 26.9. The number of carbonyl (C=O) groups excluding carboxylic acids is 2. The molecule has 4 rings (SSSR count). The number of halogens is 1. The molecule has 28 heavy (non-hydrogen) atoms. The van der Waals surface area contributed by atoms with Crippen LogP contribution in [0.3, 0.4) is 0 Å². The van der Waals surface area contributed by atoms with Crippen molar-refractivity contribution in [2.45, 2.75) is 43.2 Å². The van der Waals surface area contributed by atoms with Crippen LogP contribution in [0.1, 0.15) is 24.8 Å². The van der Waals surface area contributed by atoms with E-state index in [2.05, 4.69) is 0 Å². The Morgan fingerprint density at radius 3 is 2.18 bits per heavy atom. The second-order valence-electron chi connectivity index (χ2n) is 7.14. The fourth-order valence-corrected chi connectivity index (χ4v) is 5.41. The lowest BCUT2D eigenvalue weighted by atomic mass is 10.2. The zero-order valence-electron chi connectivity index (χ0n) is 15.2. The maximum atomic E-state index is 13.3. The smallest absolute Gasteiger partial charge is 0.252 e. The fourth-order valence-electron chi connectivity index (χ4n) is 3.46. The lowest BCUT2D eigenvalue weighted by molar-refractivity contribution is -0.122. The van der Waals surface area contributed by atoms with Crippen LogP contribution in [0.5, 0.6) is 0 Å².